The maximum atomic E-state index is 11.7. The summed E-state index contributed by atoms with van der Waals surface area (Å²) in [6, 6.07) is 9.32. The number of aliphatic imine (C=N–C) groups is 1. The number of carbonyl (C=O) groups excluding carboxylic acids is 2. The molecule has 4 nitrogen and oxygen atoms in total. The largest absolute Gasteiger partial charge is 0.276 e. The van der Waals surface area contributed by atoms with E-state index in [-0.39, 0.29) is 11.8 Å². The summed E-state index contributed by atoms with van der Waals surface area (Å²) in [6.45, 7) is 3.00. The number of hydrogen-bond acceptors (Lipinski definition) is 3. The Balaban J connectivity index is 2.41. The van der Waals surface area contributed by atoms with E-state index in [1.807, 2.05) is 30.3 Å². The molecule has 1 unspecified atom stereocenters. The highest BCUT2D eigenvalue weighted by molar-refractivity contribution is 6.41. The van der Waals surface area contributed by atoms with Gasteiger partial charge in [-0.15, -0.1) is 0 Å². The second-order valence-corrected chi connectivity index (χ2v) is 3.69. The Hall–Kier alpha value is -1.97. The molecule has 0 aromatic heterocycles. The van der Waals surface area contributed by atoms with Crippen molar-refractivity contribution in [3.8, 4) is 0 Å². The highest BCUT2D eigenvalue weighted by Crippen LogP contribution is 2.27. The van der Waals surface area contributed by atoms with Crippen LogP contribution in [0.2, 0.25) is 0 Å². The Bertz CT molecular complexity index is 465. The van der Waals surface area contributed by atoms with E-state index in [0.29, 0.717) is 5.71 Å². The number of hydrogen-bond donors (Lipinski definition) is 0. The second kappa shape index (κ2) is 3.89. The van der Waals surface area contributed by atoms with Crippen molar-refractivity contribution < 1.29 is 9.59 Å². The van der Waals surface area contributed by atoms with E-state index in [9.17, 15) is 9.59 Å². The molecule has 16 heavy (non-hydrogen) atoms. The third-order valence-electron chi connectivity index (χ3n) is 2.53. The molecule has 0 spiro atoms. The monoisotopic (exact) mass is 216 g/mol. The molecule has 2 rings (SSSR count). The van der Waals surface area contributed by atoms with Crippen molar-refractivity contribution in [1.82, 2.24) is 4.90 Å². The minimum atomic E-state index is -0.494. The first-order valence-corrected chi connectivity index (χ1v) is 5.04. The van der Waals surface area contributed by atoms with Crippen LogP contribution in [0.1, 0.15) is 25.6 Å². The van der Waals surface area contributed by atoms with E-state index in [1.165, 1.54) is 11.8 Å². The average molecular weight is 216 g/mol. The van der Waals surface area contributed by atoms with Gasteiger partial charge in [0.05, 0.1) is 0 Å². The third kappa shape index (κ3) is 1.62. The van der Waals surface area contributed by atoms with E-state index in [0.717, 1.165) is 5.56 Å². The van der Waals surface area contributed by atoms with Gasteiger partial charge in [-0.3, -0.25) is 19.5 Å². The van der Waals surface area contributed by atoms with Crippen molar-refractivity contribution in [1.29, 1.82) is 0 Å². The lowest BCUT2D eigenvalue weighted by atomic mass is 10.1. The maximum Gasteiger partial charge on any atom is 0.276 e. The Labute approximate surface area is 93.6 Å². The number of nitrogens with zero attached hydrogens (tertiary/aromatic N) is 2. The molecule has 1 atom stereocenters. The maximum absolute atomic E-state index is 11.7. The molecule has 1 aromatic carbocycles. The summed E-state index contributed by atoms with van der Waals surface area (Å²) < 4.78 is 0. The fraction of sp³-hybridized carbons (Fsp3) is 0.250. The lowest BCUT2D eigenvalue weighted by Crippen LogP contribution is -2.35. The number of imide groups is 1. The summed E-state index contributed by atoms with van der Waals surface area (Å²) in [5.41, 5.74) is 1.23. The molecule has 1 aliphatic rings. The van der Waals surface area contributed by atoms with Gasteiger partial charge in [-0.05, 0) is 12.5 Å². The SMILES string of the molecule is CC(=O)N1C(=O)C(C)=NC1c1ccccc1. The zero-order valence-electron chi connectivity index (χ0n) is 9.18. The fourth-order valence-corrected chi connectivity index (χ4v) is 1.75. The first-order chi connectivity index (χ1) is 7.61. The third-order valence-corrected chi connectivity index (χ3v) is 2.53. The highest BCUT2D eigenvalue weighted by Gasteiger charge is 2.35. The summed E-state index contributed by atoms with van der Waals surface area (Å²) >= 11 is 0. The molecule has 0 radical (unpaired) electrons. The van der Waals surface area contributed by atoms with Crippen LogP contribution in [0.5, 0.6) is 0 Å². The zero-order chi connectivity index (χ0) is 11.7. The first-order valence-electron chi connectivity index (χ1n) is 5.04. The molecule has 0 fully saturated rings. The number of rotatable bonds is 1. The zero-order valence-corrected chi connectivity index (χ0v) is 9.18. The van der Waals surface area contributed by atoms with Gasteiger partial charge in [0, 0.05) is 6.92 Å². The van der Waals surface area contributed by atoms with Crippen LogP contribution >= 0.6 is 0 Å². The van der Waals surface area contributed by atoms with Gasteiger partial charge >= 0.3 is 0 Å². The smallest absolute Gasteiger partial charge is 0.275 e. The minimum Gasteiger partial charge on any atom is -0.275 e. The molecular weight excluding hydrogens is 204 g/mol. The second-order valence-electron chi connectivity index (χ2n) is 3.69. The highest BCUT2D eigenvalue weighted by atomic mass is 16.2. The molecule has 1 aromatic rings. The van der Waals surface area contributed by atoms with Crippen molar-refractivity contribution in [3.05, 3.63) is 35.9 Å². The van der Waals surface area contributed by atoms with Gasteiger partial charge < -0.3 is 0 Å². The van der Waals surface area contributed by atoms with Crippen molar-refractivity contribution in [2.45, 2.75) is 20.0 Å². The topological polar surface area (TPSA) is 49.7 Å². The van der Waals surface area contributed by atoms with Gasteiger partial charge in [-0.1, -0.05) is 30.3 Å². The standard InChI is InChI=1S/C12H12N2O2/c1-8-12(16)14(9(2)15)11(13-8)10-6-4-3-5-7-10/h3-7,11H,1-2H3. The number of amides is 2. The quantitative estimate of drug-likeness (QED) is 0.714. The minimum absolute atomic E-state index is 0.278. The molecule has 0 saturated heterocycles. The van der Waals surface area contributed by atoms with Crippen LogP contribution in [-0.2, 0) is 9.59 Å². The predicted octanol–water partition coefficient (Wildman–Crippen LogP) is 1.53. The van der Waals surface area contributed by atoms with Gasteiger partial charge in [-0.2, -0.15) is 0 Å². The fourth-order valence-electron chi connectivity index (χ4n) is 1.75. The lowest BCUT2D eigenvalue weighted by Gasteiger charge is -2.19. The van der Waals surface area contributed by atoms with E-state index in [2.05, 4.69) is 4.99 Å². The van der Waals surface area contributed by atoms with Crippen molar-refractivity contribution in [2.24, 2.45) is 4.99 Å². The molecule has 82 valence electrons. The molecule has 0 bridgehead atoms. The lowest BCUT2D eigenvalue weighted by molar-refractivity contribution is -0.140. The van der Waals surface area contributed by atoms with E-state index < -0.39 is 6.17 Å². The Morgan fingerprint density at radius 2 is 1.94 bits per heavy atom. The van der Waals surface area contributed by atoms with Crippen molar-refractivity contribution >= 4 is 17.5 Å². The molecule has 4 heteroatoms. The van der Waals surface area contributed by atoms with Gasteiger partial charge in [-0.25, -0.2) is 0 Å². The Kier molecular flexibility index (Phi) is 2.56. The Morgan fingerprint density at radius 3 is 2.50 bits per heavy atom. The summed E-state index contributed by atoms with van der Waals surface area (Å²) in [6.07, 6.45) is -0.494. The van der Waals surface area contributed by atoms with Gasteiger partial charge in [0.2, 0.25) is 5.91 Å². The normalized spacial score (nSPS) is 19.9. The van der Waals surface area contributed by atoms with Crippen LogP contribution < -0.4 is 0 Å². The summed E-state index contributed by atoms with van der Waals surface area (Å²) in [7, 11) is 0. The average Bonchev–Trinajstić information content (AvgIpc) is 2.57. The van der Waals surface area contributed by atoms with Crippen LogP contribution in [0, 0.1) is 0 Å². The predicted molar refractivity (Wildman–Crippen MR) is 59.8 cm³/mol. The molecule has 1 aliphatic heterocycles. The van der Waals surface area contributed by atoms with Gasteiger partial charge in [0.15, 0.2) is 6.17 Å². The molecule has 0 saturated carbocycles. The first kappa shape index (κ1) is 10.5. The summed E-state index contributed by atoms with van der Waals surface area (Å²) in [4.78, 5) is 28.5. The van der Waals surface area contributed by atoms with Crippen LogP contribution in [-0.4, -0.2) is 22.4 Å². The van der Waals surface area contributed by atoms with Gasteiger partial charge in [0.25, 0.3) is 5.91 Å². The van der Waals surface area contributed by atoms with Crippen LogP contribution in [0.3, 0.4) is 0 Å². The van der Waals surface area contributed by atoms with E-state index in [1.54, 1.807) is 6.92 Å². The number of benzene rings is 1. The number of carbonyl (C=O) groups is 2. The van der Waals surface area contributed by atoms with Gasteiger partial charge in [0.1, 0.15) is 5.71 Å². The van der Waals surface area contributed by atoms with Crippen LogP contribution in [0.25, 0.3) is 0 Å². The van der Waals surface area contributed by atoms with Crippen LogP contribution in [0.4, 0.5) is 0 Å². The molecule has 0 aliphatic carbocycles. The molecule has 0 N–H and O–H groups in total. The van der Waals surface area contributed by atoms with Crippen LogP contribution in [0.15, 0.2) is 35.3 Å². The Morgan fingerprint density at radius 1 is 1.31 bits per heavy atom. The summed E-state index contributed by atoms with van der Waals surface area (Å²) in [5, 5.41) is 0. The van der Waals surface area contributed by atoms with E-state index in [4.69, 9.17) is 0 Å². The van der Waals surface area contributed by atoms with Crippen molar-refractivity contribution in [2.75, 3.05) is 0 Å². The van der Waals surface area contributed by atoms with E-state index >= 15 is 0 Å². The van der Waals surface area contributed by atoms with Crippen molar-refractivity contribution in [3.63, 3.8) is 0 Å². The summed E-state index contributed by atoms with van der Waals surface area (Å²) in [5.74, 6) is -0.583. The molecule has 2 amide bonds. The molecular formula is C12H12N2O2. The molecule has 1 heterocycles.